The summed E-state index contributed by atoms with van der Waals surface area (Å²) in [7, 11) is 0. The predicted octanol–water partition coefficient (Wildman–Crippen LogP) is 3.76. The van der Waals surface area contributed by atoms with Crippen molar-refractivity contribution < 1.29 is 0 Å². The quantitative estimate of drug-likeness (QED) is 0.826. The van der Waals surface area contributed by atoms with E-state index in [2.05, 4.69) is 13.0 Å². The molecular formula is C17H24N2OS. The first-order chi connectivity index (χ1) is 10.1. The number of rotatable bonds is 6. The van der Waals surface area contributed by atoms with Gasteiger partial charge in [0.1, 0.15) is 0 Å². The molecule has 2 aromatic rings. The molecule has 2 N–H and O–H groups in total. The Morgan fingerprint density at radius 2 is 2.10 bits per heavy atom. The Morgan fingerprint density at radius 1 is 1.33 bits per heavy atom. The molecular weight excluding hydrogens is 280 g/mol. The van der Waals surface area contributed by atoms with Crippen LogP contribution in [0.1, 0.15) is 53.9 Å². The second-order valence-electron chi connectivity index (χ2n) is 5.54. The van der Waals surface area contributed by atoms with Gasteiger partial charge in [0, 0.05) is 22.7 Å². The van der Waals surface area contributed by atoms with E-state index in [1.807, 2.05) is 35.9 Å². The third kappa shape index (κ3) is 3.44. The van der Waals surface area contributed by atoms with Gasteiger partial charge in [-0.25, -0.2) is 0 Å². The fourth-order valence-electron chi connectivity index (χ4n) is 2.73. The largest absolute Gasteiger partial charge is 0.319 e. The van der Waals surface area contributed by atoms with Crippen LogP contribution in [-0.4, -0.2) is 4.57 Å². The van der Waals surface area contributed by atoms with Gasteiger partial charge < -0.3 is 10.3 Å². The minimum absolute atomic E-state index is 0.0736. The smallest absolute Gasteiger partial charge is 0.256 e. The summed E-state index contributed by atoms with van der Waals surface area (Å²) in [5.41, 5.74) is 9.16. The summed E-state index contributed by atoms with van der Waals surface area (Å²) < 4.78 is 1.88. The second-order valence-corrected chi connectivity index (χ2v) is 6.52. The molecule has 3 nitrogen and oxygen atoms in total. The van der Waals surface area contributed by atoms with Crippen LogP contribution >= 0.6 is 11.3 Å². The van der Waals surface area contributed by atoms with Gasteiger partial charge in [0.15, 0.2) is 0 Å². The van der Waals surface area contributed by atoms with Gasteiger partial charge >= 0.3 is 0 Å². The monoisotopic (exact) mass is 304 g/mol. The van der Waals surface area contributed by atoms with Crippen LogP contribution in [-0.2, 0) is 6.54 Å². The molecule has 0 aliphatic carbocycles. The van der Waals surface area contributed by atoms with Gasteiger partial charge in [-0.1, -0.05) is 25.8 Å². The first-order valence-electron chi connectivity index (χ1n) is 7.56. The zero-order valence-corrected chi connectivity index (χ0v) is 13.9. The molecule has 0 fully saturated rings. The summed E-state index contributed by atoms with van der Waals surface area (Å²) in [6.45, 7) is 6.93. The fourth-order valence-corrected chi connectivity index (χ4v) is 3.47. The first kappa shape index (κ1) is 16.0. The lowest BCUT2D eigenvalue weighted by atomic mass is 10.0. The molecule has 21 heavy (non-hydrogen) atoms. The summed E-state index contributed by atoms with van der Waals surface area (Å²) in [6.07, 6.45) is 3.33. The molecule has 2 rings (SSSR count). The van der Waals surface area contributed by atoms with Gasteiger partial charge in [-0.3, -0.25) is 4.79 Å². The van der Waals surface area contributed by atoms with Gasteiger partial charge in [0.25, 0.3) is 5.56 Å². The van der Waals surface area contributed by atoms with Crippen molar-refractivity contribution in [1.82, 2.24) is 4.57 Å². The molecule has 0 aliphatic heterocycles. The molecule has 4 heteroatoms. The lowest BCUT2D eigenvalue weighted by Gasteiger charge is -2.18. The van der Waals surface area contributed by atoms with Crippen molar-refractivity contribution in [3.63, 3.8) is 0 Å². The number of hydrogen-bond acceptors (Lipinski definition) is 3. The van der Waals surface area contributed by atoms with Gasteiger partial charge in [0.2, 0.25) is 0 Å². The highest BCUT2D eigenvalue weighted by molar-refractivity contribution is 7.10. The highest BCUT2D eigenvalue weighted by Crippen LogP contribution is 2.24. The molecule has 2 aromatic heterocycles. The maximum absolute atomic E-state index is 12.8. The molecule has 0 amide bonds. The van der Waals surface area contributed by atoms with E-state index in [9.17, 15) is 4.79 Å². The molecule has 0 aliphatic rings. The van der Waals surface area contributed by atoms with Crippen LogP contribution in [0, 0.1) is 13.8 Å². The van der Waals surface area contributed by atoms with Crippen molar-refractivity contribution >= 4 is 11.3 Å². The summed E-state index contributed by atoms with van der Waals surface area (Å²) in [5, 5.41) is 2.00. The molecule has 0 aromatic carbocycles. The van der Waals surface area contributed by atoms with Crippen LogP contribution in [0.25, 0.3) is 0 Å². The Balaban J connectivity index is 2.41. The Kier molecular flexibility index (Phi) is 5.37. The van der Waals surface area contributed by atoms with Crippen molar-refractivity contribution in [2.75, 3.05) is 0 Å². The number of hydrogen-bond donors (Lipinski definition) is 1. The highest BCUT2D eigenvalue weighted by Gasteiger charge is 2.19. The van der Waals surface area contributed by atoms with Crippen molar-refractivity contribution in [2.45, 2.75) is 52.6 Å². The number of aryl methyl sites for hydroxylation is 2. The third-order valence-corrected chi connectivity index (χ3v) is 4.85. The standard InChI is InChI=1S/C17H24N2OS/c1-4-5-6-9-19-13(3)11-12(2)15(17(19)20)16(18)14-8-7-10-21-14/h7-8,10-11,16H,4-6,9,18H2,1-3H3. The molecule has 0 saturated heterocycles. The summed E-state index contributed by atoms with van der Waals surface area (Å²) >= 11 is 1.60. The lowest BCUT2D eigenvalue weighted by molar-refractivity contribution is 0.569. The van der Waals surface area contributed by atoms with Crippen molar-refractivity contribution in [3.8, 4) is 0 Å². The number of pyridine rings is 1. The Labute approximate surface area is 130 Å². The predicted molar refractivity (Wildman–Crippen MR) is 90.1 cm³/mol. The Hall–Kier alpha value is -1.39. The average molecular weight is 304 g/mol. The zero-order chi connectivity index (χ0) is 15.4. The van der Waals surface area contributed by atoms with Crippen LogP contribution in [0.4, 0.5) is 0 Å². The van der Waals surface area contributed by atoms with Crippen LogP contribution in [0.15, 0.2) is 28.4 Å². The number of aromatic nitrogens is 1. The zero-order valence-electron chi connectivity index (χ0n) is 13.1. The molecule has 0 spiro atoms. The van der Waals surface area contributed by atoms with E-state index in [1.54, 1.807) is 11.3 Å². The first-order valence-corrected chi connectivity index (χ1v) is 8.44. The van der Waals surface area contributed by atoms with E-state index in [-0.39, 0.29) is 11.6 Å². The van der Waals surface area contributed by atoms with E-state index in [0.717, 1.165) is 47.5 Å². The van der Waals surface area contributed by atoms with Gasteiger partial charge in [-0.15, -0.1) is 11.3 Å². The van der Waals surface area contributed by atoms with E-state index in [4.69, 9.17) is 5.73 Å². The summed E-state index contributed by atoms with van der Waals surface area (Å²) in [5.74, 6) is 0. The second kappa shape index (κ2) is 7.05. The van der Waals surface area contributed by atoms with E-state index >= 15 is 0 Å². The van der Waals surface area contributed by atoms with Crippen LogP contribution in [0.5, 0.6) is 0 Å². The van der Waals surface area contributed by atoms with Crippen molar-refractivity contribution in [1.29, 1.82) is 0 Å². The molecule has 0 saturated carbocycles. The average Bonchev–Trinajstić information content (AvgIpc) is 2.96. The van der Waals surface area contributed by atoms with Crippen molar-refractivity contribution in [2.24, 2.45) is 5.73 Å². The Bertz CT molecular complexity index is 644. The summed E-state index contributed by atoms with van der Waals surface area (Å²) in [4.78, 5) is 13.9. The topological polar surface area (TPSA) is 48.0 Å². The number of unbranched alkanes of at least 4 members (excludes halogenated alkanes) is 2. The molecule has 0 bridgehead atoms. The van der Waals surface area contributed by atoms with Crippen LogP contribution in [0.2, 0.25) is 0 Å². The minimum Gasteiger partial charge on any atom is -0.319 e. The SMILES string of the molecule is CCCCCn1c(C)cc(C)c(C(N)c2cccs2)c1=O. The summed E-state index contributed by atoms with van der Waals surface area (Å²) in [6, 6.07) is 5.73. The fraction of sp³-hybridized carbons (Fsp3) is 0.471. The van der Waals surface area contributed by atoms with E-state index in [0.29, 0.717) is 0 Å². The molecule has 1 unspecified atom stereocenters. The van der Waals surface area contributed by atoms with Gasteiger partial charge in [0.05, 0.1) is 6.04 Å². The maximum atomic E-state index is 12.8. The molecule has 2 heterocycles. The third-order valence-electron chi connectivity index (χ3n) is 3.90. The highest BCUT2D eigenvalue weighted by atomic mass is 32.1. The van der Waals surface area contributed by atoms with Crippen LogP contribution < -0.4 is 11.3 Å². The van der Waals surface area contributed by atoms with Gasteiger partial charge in [-0.05, 0) is 43.3 Å². The normalized spacial score (nSPS) is 12.6. The van der Waals surface area contributed by atoms with Crippen molar-refractivity contribution in [3.05, 3.63) is 55.6 Å². The molecule has 0 radical (unpaired) electrons. The number of nitrogens with two attached hydrogens (primary N) is 1. The molecule has 114 valence electrons. The Morgan fingerprint density at radius 3 is 2.71 bits per heavy atom. The van der Waals surface area contributed by atoms with E-state index < -0.39 is 0 Å². The number of nitrogens with zero attached hydrogens (tertiary/aromatic N) is 1. The van der Waals surface area contributed by atoms with Gasteiger partial charge in [-0.2, -0.15) is 0 Å². The number of thiophene rings is 1. The molecule has 1 atom stereocenters. The lowest BCUT2D eigenvalue weighted by Crippen LogP contribution is -2.31. The van der Waals surface area contributed by atoms with Crippen LogP contribution in [0.3, 0.4) is 0 Å². The minimum atomic E-state index is -0.324. The van der Waals surface area contributed by atoms with E-state index in [1.165, 1.54) is 0 Å². The maximum Gasteiger partial charge on any atom is 0.256 e.